The van der Waals surface area contributed by atoms with Crippen LogP contribution in [0.15, 0.2) is 12.2 Å². The molecule has 0 radical (unpaired) electrons. The number of hydrogen-bond donors (Lipinski definition) is 2. The van der Waals surface area contributed by atoms with Crippen LogP contribution < -0.4 is 5.32 Å². The van der Waals surface area contributed by atoms with Gasteiger partial charge in [0, 0.05) is 6.42 Å². The summed E-state index contributed by atoms with van der Waals surface area (Å²) in [7, 11) is 2.01. The van der Waals surface area contributed by atoms with Gasteiger partial charge in [-0.25, -0.2) is 0 Å². The second kappa shape index (κ2) is 18.9. The molecule has 2 N–H and O–H groups in total. The van der Waals surface area contributed by atoms with Crippen molar-refractivity contribution in [3.05, 3.63) is 12.2 Å². The van der Waals surface area contributed by atoms with Gasteiger partial charge in [-0.3, -0.25) is 4.79 Å². The second-order valence-electron chi connectivity index (χ2n) is 7.86. The minimum absolute atomic E-state index is 0.304. The van der Waals surface area contributed by atoms with Gasteiger partial charge < -0.3 is 10.4 Å². The van der Waals surface area contributed by atoms with Crippen LogP contribution in [0, 0.1) is 11.8 Å². The summed E-state index contributed by atoms with van der Waals surface area (Å²) >= 11 is 0. The first-order chi connectivity index (χ1) is 12.6. The fourth-order valence-electron chi connectivity index (χ4n) is 3.72. The van der Waals surface area contributed by atoms with Gasteiger partial charge in [0.05, 0.1) is 0 Å². The van der Waals surface area contributed by atoms with Crippen LogP contribution in [0.3, 0.4) is 0 Å². The van der Waals surface area contributed by atoms with Crippen molar-refractivity contribution >= 4 is 5.97 Å². The van der Waals surface area contributed by atoms with E-state index in [0.29, 0.717) is 12.3 Å². The quantitative estimate of drug-likeness (QED) is 0.200. The molecule has 2 atom stereocenters. The minimum atomic E-state index is -0.668. The number of nitrogens with one attached hydrogen (secondary N) is 1. The summed E-state index contributed by atoms with van der Waals surface area (Å²) < 4.78 is 0. The van der Waals surface area contributed by atoms with E-state index in [9.17, 15) is 4.79 Å². The summed E-state index contributed by atoms with van der Waals surface area (Å²) in [5, 5.41) is 12.2. The van der Waals surface area contributed by atoms with E-state index in [1.54, 1.807) is 0 Å². The van der Waals surface area contributed by atoms with Gasteiger partial charge >= 0.3 is 5.97 Å². The minimum Gasteiger partial charge on any atom is -0.481 e. The highest BCUT2D eigenvalue weighted by atomic mass is 16.4. The molecule has 0 bridgehead atoms. The molecule has 0 saturated carbocycles. The van der Waals surface area contributed by atoms with Crippen molar-refractivity contribution in [2.75, 3.05) is 13.6 Å². The van der Waals surface area contributed by atoms with Gasteiger partial charge in [0.15, 0.2) is 0 Å². The number of hydrogen-bond acceptors (Lipinski definition) is 2. The third kappa shape index (κ3) is 16.6. The van der Waals surface area contributed by atoms with E-state index in [4.69, 9.17) is 5.11 Å². The Morgan fingerprint density at radius 3 is 2.27 bits per heavy atom. The monoisotopic (exact) mass is 367 g/mol. The van der Waals surface area contributed by atoms with Gasteiger partial charge in [-0.05, 0) is 64.0 Å². The molecule has 26 heavy (non-hydrogen) atoms. The van der Waals surface area contributed by atoms with Crippen molar-refractivity contribution in [3.8, 4) is 0 Å². The molecule has 154 valence electrons. The Bertz CT molecular complexity index is 341. The lowest BCUT2D eigenvalue weighted by atomic mass is 9.85. The molecule has 3 heteroatoms. The Hall–Kier alpha value is -0.830. The second-order valence-corrected chi connectivity index (χ2v) is 7.86. The van der Waals surface area contributed by atoms with E-state index in [1.165, 1.54) is 70.6 Å². The summed E-state index contributed by atoms with van der Waals surface area (Å²) in [6, 6.07) is 0. The molecule has 3 nitrogen and oxygen atoms in total. The Morgan fingerprint density at radius 1 is 0.923 bits per heavy atom. The topological polar surface area (TPSA) is 49.3 Å². The van der Waals surface area contributed by atoms with Gasteiger partial charge in [-0.2, -0.15) is 0 Å². The van der Waals surface area contributed by atoms with Crippen molar-refractivity contribution in [3.63, 3.8) is 0 Å². The van der Waals surface area contributed by atoms with E-state index in [1.807, 2.05) is 7.05 Å². The maximum Gasteiger partial charge on any atom is 0.303 e. The molecule has 0 aliphatic rings. The van der Waals surface area contributed by atoms with Gasteiger partial charge in [-0.15, -0.1) is 0 Å². The molecule has 0 amide bonds. The molecule has 0 fully saturated rings. The van der Waals surface area contributed by atoms with Gasteiger partial charge in [-0.1, -0.05) is 70.9 Å². The van der Waals surface area contributed by atoms with E-state index >= 15 is 0 Å². The third-order valence-corrected chi connectivity index (χ3v) is 5.24. The molecule has 0 aromatic carbocycles. The van der Waals surface area contributed by atoms with E-state index in [2.05, 4.69) is 31.3 Å². The molecule has 0 aromatic heterocycles. The third-order valence-electron chi connectivity index (χ3n) is 5.24. The normalized spacial score (nSPS) is 14.0. The molecule has 0 aliphatic carbocycles. The summed E-state index contributed by atoms with van der Waals surface area (Å²) in [4.78, 5) is 10.8. The summed E-state index contributed by atoms with van der Waals surface area (Å²) in [6.07, 6.45) is 21.2. The zero-order chi connectivity index (χ0) is 19.5. The SMILES string of the molecule is CCCCCC/C=C\C[C@H](CCCCC)C[C@H](CCCC(=O)O)CNC. The van der Waals surface area contributed by atoms with Crippen LogP contribution in [-0.4, -0.2) is 24.7 Å². The van der Waals surface area contributed by atoms with Crippen LogP contribution in [0.25, 0.3) is 0 Å². The summed E-state index contributed by atoms with van der Waals surface area (Å²) in [6.45, 7) is 5.53. The highest BCUT2D eigenvalue weighted by molar-refractivity contribution is 5.66. The average Bonchev–Trinajstić information content (AvgIpc) is 2.60. The largest absolute Gasteiger partial charge is 0.481 e. The van der Waals surface area contributed by atoms with Gasteiger partial charge in [0.25, 0.3) is 0 Å². The van der Waals surface area contributed by atoms with Crippen molar-refractivity contribution in [2.45, 2.75) is 104 Å². The predicted molar refractivity (Wildman–Crippen MR) is 114 cm³/mol. The molecule has 0 spiro atoms. The first-order valence-electron chi connectivity index (χ1n) is 11.1. The van der Waals surface area contributed by atoms with E-state index in [0.717, 1.165) is 25.3 Å². The lowest BCUT2D eigenvalue weighted by molar-refractivity contribution is -0.137. The highest BCUT2D eigenvalue weighted by Crippen LogP contribution is 2.26. The molecule has 0 unspecified atom stereocenters. The first kappa shape index (κ1) is 25.2. The summed E-state index contributed by atoms with van der Waals surface area (Å²) in [5.41, 5.74) is 0. The van der Waals surface area contributed by atoms with Crippen molar-refractivity contribution in [1.82, 2.24) is 5.32 Å². The molecule has 0 saturated heterocycles. The predicted octanol–water partition coefficient (Wildman–Crippen LogP) is 6.58. The molecular weight excluding hydrogens is 322 g/mol. The Morgan fingerprint density at radius 2 is 1.62 bits per heavy atom. The molecule has 0 aromatic rings. The van der Waals surface area contributed by atoms with Gasteiger partial charge in [0.1, 0.15) is 0 Å². The van der Waals surface area contributed by atoms with Gasteiger partial charge in [0.2, 0.25) is 0 Å². The Labute approximate surface area is 163 Å². The molecule has 0 aliphatic heterocycles. The first-order valence-corrected chi connectivity index (χ1v) is 11.1. The number of aliphatic carboxylic acids is 1. The number of allylic oxidation sites excluding steroid dienone is 2. The maximum atomic E-state index is 10.8. The fourth-order valence-corrected chi connectivity index (χ4v) is 3.72. The number of carbonyl (C=O) groups is 1. The Balaban J connectivity index is 4.36. The summed E-state index contributed by atoms with van der Waals surface area (Å²) in [5.74, 6) is 0.680. The van der Waals surface area contributed by atoms with Crippen molar-refractivity contribution < 1.29 is 9.90 Å². The van der Waals surface area contributed by atoms with Crippen LogP contribution in [-0.2, 0) is 4.79 Å². The lowest BCUT2D eigenvalue weighted by Crippen LogP contribution is -2.22. The van der Waals surface area contributed by atoms with Crippen LogP contribution in [0.5, 0.6) is 0 Å². The zero-order valence-corrected chi connectivity index (χ0v) is 17.8. The van der Waals surface area contributed by atoms with E-state index < -0.39 is 5.97 Å². The van der Waals surface area contributed by atoms with Crippen molar-refractivity contribution in [2.24, 2.45) is 11.8 Å². The van der Waals surface area contributed by atoms with Crippen LogP contribution in [0.2, 0.25) is 0 Å². The average molecular weight is 368 g/mol. The van der Waals surface area contributed by atoms with E-state index in [-0.39, 0.29) is 0 Å². The Kier molecular flexibility index (Phi) is 18.3. The van der Waals surface area contributed by atoms with Crippen molar-refractivity contribution in [1.29, 1.82) is 0 Å². The smallest absolute Gasteiger partial charge is 0.303 e. The fraction of sp³-hybridized carbons (Fsp3) is 0.870. The van der Waals surface area contributed by atoms with Crippen LogP contribution in [0.1, 0.15) is 104 Å². The molecule has 0 heterocycles. The molecule has 0 rings (SSSR count). The molecular formula is C23H45NO2. The number of carboxylic acid groups (broad SMARTS) is 1. The number of unbranched alkanes of at least 4 members (excludes halogenated alkanes) is 6. The number of rotatable bonds is 19. The zero-order valence-electron chi connectivity index (χ0n) is 17.8. The standard InChI is InChI=1S/C23H45NO2/c1-4-6-8-9-10-11-13-16-21(15-12-7-5-2)19-22(20-24-3)17-14-18-23(25)26/h11,13,21-22,24H,4-10,12,14-20H2,1-3H3,(H,25,26)/b13-11-/t21-,22-/m0/s1. The van der Waals surface area contributed by atoms with Crippen LogP contribution >= 0.6 is 0 Å². The van der Waals surface area contributed by atoms with Crippen LogP contribution in [0.4, 0.5) is 0 Å². The lowest BCUT2D eigenvalue weighted by Gasteiger charge is -2.23. The maximum absolute atomic E-state index is 10.8. The highest BCUT2D eigenvalue weighted by Gasteiger charge is 2.15. The number of carboxylic acids is 1.